The van der Waals surface area contributed by atoms with Gasteiger partial charge in [-0.3, -0.25) is 14.2 Å². The summed E-state index contributed by atoms with van der Waals surface area (Å²) in [6.45, 7) is 8.07. The molecule has 5 rings (SSSR count). The van der Waals surface area contributed by atoms with Crippen LogP contribution in [0.1, 0.15) is 37.9 Å². The van der Waals surface area contributed by atoms with Crippen LogP contribution in [-0.2, 0) is 19.1 Å². The average molecular weight is 622 g/mol. The molecule has 11 nitrogen and oxygen atoms in total. The van der Waals surface area contributed by atoms with Gasteiger partial charge >= 0.3 is 5.97 Å². The predicted molar refractivity (Wildman–Crippen MR) is 164 cm³/mol. The monoisotopic (exact) mass is 621 g/mol. The minimum absolute atomic E-state index is 0.0591. The molecule has 0 saturated carbocycles. The molecule has 0 bridgehead atoms. The molecule has 2 aromatic carbocycles. The van der Waals surface area contributed by atoms with E-state index in [0.29, 0.717) is 70.8 Å². The molecule has 0 spiro atoms. The van der Waals surface area contributed by atoms with Crippen molar-refractivity contribution in [2.24, 2.45) is 4.99 Å². The number of aromatic nitrogens is 1. The number of benzene rings is 2. The van der Waals surface area contributed by atoms with Gasteiger partial charge in [-0.25, -0.2) is 9.79 Å². The summed E-state index contributed by atoms with van der Waals surface area (Å²) in [5.74, 6) is 0.963. The predicted octanol–water partition coefficient (Wildman–Crippen LogP) is 2.44. The highest BCUT2D eigenvalue weighted by Crippen LogP contribution is 2.36. The second kappa shape index (κ2) is 13.9. The summed E-state index contributed by atoms with van der Waals surface area (Å²) in [7, 11) is 1.55. The Balaban J connectivity index is 1.48. The number of esters is 1. The second-order valence-electron chi connectivity index (χ2n) is 10.00. The van der Waals surface area contributed by atoms with Crippen molar-refractivity contribution < 1.29 is 33.3 Å². The number of methoxy groups -OCH3 is 1. The van der Waals surface area contributed by atoms with Gasteiger partial charge in [-0.05, 0) is 62.2 Å². The molecule has 12 heteroatoms. The van der Waals surface area contributed by atoms with Crippen LogP contribution in [0.2, 0.25) is 0 Å². The first-order valence-electron chi connectivity index (χ1n) is 14.4. The maximum absolute atomic E-state index is 13.9. The summed E-state index contributed by atoms with van der Waals surface area (Å²) < 4.78 is 29.6. The zero-order chi connectivity index (χ0) is 31.2. The maximum atomic E-state index is 13.9. The Morgan fingerprint density at radius 3 is 2.48 bits per heavy atom. The van der Waals surface area contributed by atoms with E-state index in [9.17, 15) is 14.4 Å². The summed E-state index contributed by atoms with van der Waals surface area (Å²) in [5.41, 5.74) is 1.89. The van der Waals surface area contributed by atoms with Gasteiger partial charge in [-0.15, -0.1) is 0 Å². The Kier molecular flexibility index (Phi) is 9.81. The highest BCUT2D eigenvalue weighted by molar-refractivity contribution is 7.07. The lowest BCUT2D eigenvalue weighted by atomic mass is 9.95. The van der Waals surface area contributed by atoms with E-state index in [2.05, 4.69) is 4.99 Å². The van der Waals surface area contributed by atoms with E-state index in [0.717, 1.165) is 5.56 Å². The summed E-state index contributed by atoms with van der Waals surface area (Å²) in [5, 5.41) is 0. The fourth-order valence-corrected chi connectivity index (χ4v) is 6.15. The quantitative estimate of drug-likeness (QED) is 0.317. The van der Waals surface area contributed by atoms with Crippen molar-refractivity contribution >= 4 is 29.3 Å². The van der Waals surface area contributed by atoms with Gasteiger partial charge in [0.2, 0.25) is 0 Å². The lowest BCUT2D eigenvalue weighted by Crippen LogP contribution is -2.42. The molecular formula is C32H35N3O8S. The smallest absolute Gasteiger partial charge is 0.338 e. The number of fused-ring (bicyclic) bond motifs is 1. The number of thiazole rings is 1. The van der Waals surface area contributed by atoms with Crippen molar-refractivity contribution in [3.05, 3.63) is 84.5 Å². The van der Waals surface area contributed by atoms with Crippen molar-refractivity contribution in [3.63, 3.8) is 0 Å². The van der Waals surface area contributed by atoms with Crippen LogP contribution in [0.3, 0.4) is 0 Å². The van der Waals surface area contributed by atoms with E-state index in [1.165, 1.54) is 15.9 Å². The molecule has 3 aromatic rings. The number of carbonyl (C=O) groups excluding carboxylic acids is 2. The normalized spacial score (nSPS) is 16.7. The summed E-state index contributed by atoms with van der Waals surface area (Å²) in [4.78, 5) is 46.4. The average Bonchev–Trinajstić information content (AvgIpc) is 3.34. The van der Waals surface area contributed by atoms with Crippen LogP contribution in [0, 0.1) is 0 Å². The van der Waals surface area contributed by atoms with Gasteiger partial charge < -0.3 is 28.6 Å². The highest BCUT2D eigenvalue weighted by Gasteiger charge is 2.34. The maximum Gasteiger partial charge on any atom is 0.338 e. The zero-order valence-corrected chi connectivity index (χ0v) is 26.0. The van der Waals surface area contributed by atoms with Crippen LogP contribution in [0.5, 0.6) is 17.2 Å². The van der Waals surface area contributed by atoms with Gasteiger partial charge in [-0.1, -0.05) is 29.5 Å². The number of amides is 1. The molecular weight excluding hydrogens is 586 g/mol. The first-order valence-corrected chi connectivity index (χ1v) is 15.2. The summed E-state index contributed by atoms with van der Waals surface area (Å²) >= 11 is 1.24. The van der Waals surface area contributed by atoms with Crippen LogP contribution in [0.15, 0.2) is 63.5 Å². The number of hydrogen-bond donors (Lipinski definition) is 0. The lowest BCUT2D eigenvalue weighted by Gasteiger charge is -2.26. The molecule has 2 aliphatic heterocycles. The third-order valence-electron chi connectivity index (χ3n) is 7.22. The van der Waals surface area contributed by atoms with E-state index >= 15 is 0 Å². The Morgan fingerprint density at radius 2 is 1.80 bits per heavy atom. The topological polar surface area (TPSA) is 118 Å². The van der Waals surface area contributed by atoms with Gasteiger partial charge in [-0.2, -0.15) is 0 Å². The van der Waals surface area contributed by atoms with E-state index in [4.69, 9.17) is 23.7 Å². The standard InChI is InChI=1S/C32H35N3O8S/c1-5-41-25-18-22(9-12-24(25)39-4)29-28(31(38)42-6-2)20(3)33-32-35(29)30(37)26(44-32)17-21-7-10-23(11-8-21)43-19-27(36)34-13-15-40-16-14-34/h7-12,17-18,29H,5-6,13-16,19H2,1-4H3/b26-17+/t29-/m1/s1. The van der Waals surface area contributed by atoms with Crippen LogP contribution in [0.4, 0.5) is 0 Å². The van der Waals surface area contributed by atoms with Crippen LogP contribution in [-0.4, -0.2) is 74.6 Å². The molecule has 1 saturated heterocycles. The molecule has 1 fully saturated rings. The minimum atomic E-state index is -0.780. The summed E-state index contributed by atoms with van der Waals surface area (Å²) in [6.07, 6.45) is 1.77. The molecule has 44 heavy (non-hydrogen) atoms. The van der Waals surface area contributed by atoms with Gasteiger partial charge in [0.15, 0.2) is 22.9 Å². The van der Waals surface area contributed by atoms with E-state index in [1.807, 2.05) is 25.1 Å². The number of rotatable bonds is 10. The second-order valence-corrected chi connectivity index (χ2v) is 11.0. The van der Waals surface area contributed by atoms with Crippen molar-refractivity contribution in [1.29, 1.82) is 0 Å². The molecule has 2 aliphatic rings. The van der Waals surface area contributed by atoms with E-state index in [-0.39, 0.29) is 30.3 Å². The van der Waals surface area contributed by atoms with Crippen LogP contribution < -0.4 is 29.1 Å². The van der Waals surface area contributed by atoms with Gasteiger partial charge in [0.05, 0.1) is 55.4 Å². The fraction of sp³-hybridized carbons (Fsp3) is 0.375. The number of carbonyl (C=O) groups is 2. The lowest BCUT2D eigenvalue weighted by molar-refractivity contribution is -0.139. The number of hydrogen-bond acceptors (Lipinski definition) is 10. The first-order chi connectivity index (χ1) is 21.3. The summed E-state index contributed by atoms with van der Waals surface area (Å²) in [6, 6.07) is 11.7. The van der Waals surface area contributed by atoms with E-state index in [1.54, 1.807) is 56.2 Å². The third-order valence-corrected chi connectivity index (χ3v) is 8.21. The van der Waals surface area contributed by atoms with Gasteiger partial charge in [0.1, 0.15) is 5.75 Å². The van der Waals surface area contributed by atoms with Crippen LogP contribution >= 0.6 is 11.3 Å². The molecule has 0 N–H and O–H groups in total. The Labute approximate surface area is 258 Å². The molecule has 0 aliphatic carbocycles. The van der Waals surface area contributed by atoms with Crippen molar-refractivity contribution in [1.82, 2.24) is 9.47 Å². The van der Waals surface area contributed by atoms with Gasteiger partial charge in [0, 0.05) is 13.1 Å². The highest BCUT2D eigenvalue weighted by atomic mass is 32.1. The fourth-order valence-electron chi connectivity index (χ4n) is 5.10. The Morgan fingerprint density at radius 1 is 1.05 bits per heavy atom. The molecule has 0 radical (unpaired) electrons. The van der Waals surface area contributed by atoms with Crippen molar-refractivity contribution in [3.8, 4) is 17.2 Å². The Bertz CT molecular complexity index is 1740. The molecule has 1 atom stereocenters. The molecule has 3 heterocycles. The number of morpholine rings is 1. The van der Waals surface area contributed by atoms with Gasteiger partial charge in [0.25, 0.3) is 11.5 Å². The zero-order valence-electron chi connectivity index (χ0n) is 25.2. The van der Waals surface area contributed by atoms with Crippen molar-refractivity contribution in [2.45, 2.75) is 26.8 Å². The van der Waals surface area contributed by atoms with Crippen LogP contribution in [0.25, 0.3) is 6.08 Å². The largest absolute Gasteiger partial charge is 0.493 e. The first kappa shape index (κ1) is 31.0. The SMILES string of the molecule is CCOC(=O)C1=C(C)N=c2s/c(=C/c3ccc(OCC(=O)N4CCOCC4)cc3)c(=O)n2[C@@H]1c1ccc(OC)c(OCC)c1. The number of nitrogens with zero attached hydrogens (tertiary/aromatic N) is 3. The molecule has 232 valence electrons. The minimum Gasteiger partial charge on any atom is -0.493 e. The molecule has 1 aromatic heterocycles. The molecule has 1 amide bonds. The van der Waals surface area contributed by atoms with Crippen molar-refractivity contribution in [2.75, 3.05) is 53.2 Å². The number of allylic oxidation sites excluding steroid dienone is 1. The van der Waals surface area contributed by atoms with E-state index < -0.39 is 12.0 Å². The molecule has 0 unspecified atom stereocenters. The Hall–Kier alpha value is -4.42. The third kappa shape index (κ3) is 6.56. The number of ether oxygens (including phenoxy) is 5.